The number of rotatable bonds is 3. The van der Waals surface area contributed by atoms with E-state index in [1.54, 1.807) is 0 Å². The second-order valence-electron chi connectivity index (χ2n) is 7.69. The van der Waals surface area contributed by atoms with Gasteiger partial charge in [-0.2, -0.15) is 0 Å². The van der Waals surface area contributed by atoms with Crippen molar-refractivity contribution in [3.63, 3.8) is 0 Å². The van der Waals surface area contributed by atoms with Gasteiger partial charge in [0.25, 0.3) is 5.91 Å². The molecule has 3 rings (SSSR count). The standard InChI is InChI=1S/C20H28N2O3/c1-14(2)21-18(23)17-12-22(13-20(17)8-10-25-11-9-20)19(24)16-7-5-4-6-15(16)3/h4-7,14,17H,8-13H2,1-3H3,(H,21,23)/t17-/m1/s1. The smallest absolute Gasteiger partial charge is 0.254 e. The van der Waals surface area contributed by atoms with E-state index in [0.29, 0.717) is 26.3 Å². The summed E-state index contributed by atoms with van der Waals surface area (Å²) in [5.41, 5.74) is 1.55. The van der Waals surface area contributed by atoms with Crippen molar-refractivity contribution >= 4 is 11.8 Å². The van der Waals surface area contributed by atoms with E-state index in [9.17, 15) is 9.59 Å². The Morgan fingerprint density at radius 3 is 2.56 bits per heavy atom. The third kappa shape index (κ3) is 3.56. The lowest BCUT2D eigenvalue weighted by Gasteiger charge is -2.37. The van der Waals surface area contributed by atoms with Crippen molar-refractivity contribution in [2.45, 2.75) is 39.7 Å². The number of hydrogen-bond donors (Lipinski definition) is 1. The minimum Gasteiger partial charge on any atom is -0.381 e. The van der Waals surface area contributed by atoms with Crippen LogP contribution in [0, 0.1) is 18.3 Å². The second kappa shape index (κ2) is 7.16. The Morgan fingerprint density at radius 1 is 1.24 bits per heavy atom. The van der Waals surface area contributed by atoms with Crippen molar-refractivity contribution in [1.82, 2.24) is 10.2 Å². The van der Waals surface area contributed by atoms with E-state index in [2.05, 4.69) is 5.32 Å². The number of carbonyl (C=O) groups is 2. The average Bonchev–Trinajstić information content (AvgIpc) is 2.94. The van der Waals surface area contributed by atoms with E-state index >= 15 is 0 Å². The molecule has 2 fully saturated rings. The van der Waals surface area contributed by atoms with Crippen molar-refractivity contribution in [3.8, 4) is 0 Å². The van der Waals surface area contributed by atoms with Crippen LogP contribution in [0.4, 0.5) is 0 Å². The molecule has 5 heteroatoms. The Morgan fingerprint density at radius 2 is 1.92 bits per heavy atom. The van der Waals surface area contributed by atoms with Crippen LogP contribution in [0.15, 0.2) is 24.3 Å². The van der Waals surface area contributed by atoms with Gasteiger partial charge in [-0.05, 0) is 45.2 Å². The molecule has 0 unspecified atom stereocenters. The fourth-order valence-electron chi connectivity index (χ4n) is 4.14. The first-order valence-electron chi connectivity index (χ1n) is 9.16. The zero-order chi connectivity index (χ0) is 18.0. The van der Waals surface area contributed by atoms with Crippen molar-refractivity contribution in [2.75, 3.05) is 26.3 Å². The average molecular weight is 344 g/mol. The van der Waals surface area contributed by atoms with Gasteiger partial charge in [-0.1, -0.05) is 18.2 Å². The molecule has 2 aliphatic rings. The number of hydrogen-bond acceptors (Lipinski definition) is 3. The summed E-state index contributed by atoms with van der Waals surface area (Å²) >= 11 is 0. The van der Waals surface area contributed by atoms with Crippen LogP contribution in [0.3, 0.4) is 0 Å². The maximum absolute atomic E-state index is 13.0. The molecule has 0 saturated carbocycles. The first-order chi connectivity index (χ1) is 11.9. The van der Waals surface area contributed by atoms with Gasteiger partial charge < -0.3 is 15.0 Å². The summed E-state index contributed by atoms with van der Waals surface area (Å²) in [6, 6.07) is 7.76. The van der Waals surface area contributed by atoms with Gasteiger partial charge in [0.15, 0.2) is 0 Å². The summed E-state index contributed by atoms with van der Waals surface area (Å²) in [5, 5.41) is 3.05. The molecule has 0 aromatic heterocycles. The number of nitrogens with one attached hydrogen (secondary N) is 1. The summed E-state index contributed by atoms with van der Waals surface area (Å²) in [6.07, 6.45) is 1.67. The van der Waals surface area contributed by atoms with Gasteiger partial charge in [-0.15, -0.1) is 0 Å². The fourth-order valence-corrected chi connectivity index (χ4v) is 4.14. The van der Waals surface area contributed by atoms with Gasteiger partial charge in [0.2, 0.25) is 5.91 Å². The van der Waals surface area contributed by atoms with Gasteiger partial charge in [-0.3, -0.25) is 9.59 Å². The zero-order valence-corrected chi connectivity index (χ0v) is 15.4. The molecular formula is C20H28N2O3. The Labute approximate surface area is 149 Å². The highest BCUT2D eigenvalue weighted by Gasteiger charge is 2.51. The van der Waals surface area contributed by atoms with Gasteiger partial charge >= 0.3 is 0 Å². The van der Waals surface area contributed by atoms with Crippen molar-refractivity contribution < 1.29 is 14.3 Å². The zero-order valence-electron chi connectivity index (χ0n) is 15.4. The molecule has 0 radical (unpaired) electrons. The Balaban J connectivity index is 1.85. The first kappa shape index (κ1) is 17.9. The molecule has 1 N–H and O–H groups in total. The Bertz CT molecular complexity index is 650. The molecule has 25 heavy (non-hydrogen) atoms. The molecule has 2 saturated heterocycles. The largest absolute Gasteiger partial charge is 0.381 e. The summed E-state index contributed by atoms with van der Waals surface area (Å²) in [5.74, 6) is -0.0624. The van der Waals surface area contributed by atoms with Gasteiger partial charge in [0, 0.05) is 43.3 Å². The maximum atomic E-state index is 13.0. The van der Waals surface area contributed by atoms with E-state index < -0.39 is 0 Å². The highest BCUT2D eigenvalue weighted by molar-refractivity contribution is 5.96. The lowest BCUT2D eigenvalue weighted by atomic mass is 9.71. The molecule has 2 heterocycles. The van der Waals surface area contributed by atoms with Crippen LogP contribution in [0.2, 0.25) is 0 Å². The molecule has 1 spiro atoms. The van der Waals surface area contributed by atoms with Crippen molar-refractivity contribution in [1.29, 1.82) is 0 Å². The monoisotopic (exact) mass is 344 g/mol. The van der Waals surface area contributed by atoms with Gasteiger partial charge in [-0.25, -0.2) is 0 Å². The minimum atomic E-state index is -0.160. The molecular weight excluding hydrogens is 316 g/mol. The quantitative estimate of drug-likeness (QED) is 0.916. The second-order valence-corrected chi connectivity index (χ2v) is 7.69. The molecule has 0 aliphatic carbocycles. The third-order valence-corrected chi connectivity index (χ3v) is 5.55. The Kier molecular flexibility index (Phi) is 5.13. The minimum absolute atomic E-state index is 0.0313. The number of nitrogens with zero attached hydrogens (tertiary/aromatic N) is 1. The summed E-state index contributed by atoms with van der Waals surface area (Å²) in [4.78, 5) is 27.7. The number of amides is 2. The Hall–Kier alpha value is -1.88. The molecule has 1 aromatic rings. The highest BCUT2D eigenvalue weighted by Crippen LogP contribution is 2.44. The first-order valence-corrected chi connectivity index (χ1v) is 9.16. The number of benzene rings is 1. The normalized spacial score (nSPS) is 22.4. The third-order valence-electron chi connectivity index (χ3n) is 5.55. The van der Waals surface area contributed by atoms with Crippen molar-refractivity contribution in [3.05, 3.63) is 35.4 Å². The predicted octanol–water partition coefficient (Wildman–Crippen LogP) is 2.39. The summed E-state index contributed by atoms with van der Waals surface area (Å²) < 4.78 is 5.53. The van der Waals surface area contributed by atoms with E-state index in [4.69, 9.17) is 4.74 Å². The summed E-state index contributed by atoms with van der Waals surface area (Å²) in [6.45, 7) is 8.36. The molecule has 2 aliphatic heterocycles. The van der Waals surface area contributed by atoms with Crippen LogP contribution in [-0.4, -0.2) is 49.1 Å². The maximum Gasteiger partial charge on any atom is 0.254 e. The predicted molar refractivity (Wildman–Crippen MR) is 96.3 cm³/mol. The van der Waals surface area contributed by atoms with Crippen LogP contribution in [0.1, 0.15) is 42.6 Å². The van der Waals surface area contributed by atoms with E-state index in [1.807, 2.05) is 49.9 Å². The van der Waals surface area contributed by atoms with Crippen LogP contribution in [0.25, 0.3) is 0 Å². The number of carbonyl (C=O) groups excluding carboxylic acids is 2. The van der Waals surface area contributed by atoms with Gasteiger partial charge in [0.05, 0.1) is 5.92 Å². The molecule has 136 valence electrons. The van der Waals surface area contributed by atoms with E-state index in [1.165, 1.54) is 0 Å². The lowest BCUT2D eigenvalue weighted by molar-refractivity contribution is -0.130. The lowest BCUT2D eigenvalue weighted by Crippen LogP contribution is -2.46. The molecule has 0 bridgehead atoms. The number of ether oxygens (including phenoxy) is 1. The van der Waals surface area contributed by atoms with Crippen molar-refractivity contribution in [2.24, 2.45) is 11.3 Å². The van der Waals surface area contributed by atoms with Crippen LogP contribution in [-0.2, 0) is 9.53 Å². The molecule has 1 aromatic carbocycles. The van der Waals surface area contributed by atoms with Gasteiger partial charge in [0.1, 0.15) is 0 Å². The van der Waals surface area contributed by atoms with E-state index in [0.717, 1.165) is 24.0 Å². The molecule has 1 atom stereocenters. The summed E-state index contributed by atoms with van der Waals surface area (Å²) in [7, 11) is 0. The fraction of sp³-hybridized carbons (Fsp3) is 0.600. The van der Waals surface area contributed by atoms with E-state index in [-0.39, 0.29) is 29.2 Å². The van der Waals surface area contributed by atoms with Crippen LogP contribution < -0.4 is 5.32 Å². The highest BCUT2D eigenvalue weighted by atomic mass is 16.5. The topological polar surface area (TPSA) is 58.6 Å². The SMILES string of the molecule is Cc1ccccc1C(=O)N1C[C@H](C(=O)NC(C)C)C2(CCOCC2)C1. The molecule has 5 nitrogen and oxygen atoms in total. The van der Waals surface area contributed by atoms with Crippen LogP contribution >= 0.6 is 0 Å². The molecule has 2 amide bonds. The number of aryl methyl sites for hydroxylation is 1. The number of likely N-dealkylation sites (tertiary alicyclic amines) is 1. The van der Waals surface area contributed by atoms with Crippen LogP contribution in [0.5, 0.6) is 0 Å².